The standard InChI is InChI=1S/C32H42F3N3O4/c1-21-17-38(22(2)20-39)30(40)16-25-15-27(36-31(41)24-7-5-4-6-8-24)13-14-28(25)42-29(21)19-37(3)18-23-9-11-26(12-10-23)32(33,34)35/h9-15,21-22,24,29,39H,4-8,16-20H2,1-3H3,(H,36,41)/t21-,22-,29-/m0/s1. The van der Waals surface area contributed by atoms with Gasteiger partial charge < -0.3 is 20.1 Å². The number of ether oxygens (including phenoxy) is 1. The number of nitrogens with one attached hydrogen (secondary N) is 1. The summed E-state index contributed by atoms with van der Waals surface area (Å²) in [7, 11) is 1.88. The highest BCUT2D eigenvalue weighted by molar-refractivity contribution is 5.93. The van der Waals surface area contributed by atoms with Gasteiger partial charge in [0.1, 0.15) is 11.9 Å². The zero-order chi connectivity index (χ0) is 30.4. The molecule has 0 saturated heterocycles. The normalized spacial score (nSPS) is 21.1. The Balaban J connectivity index is 1.54. The Morgan fingerprint density at radius 1 is 1.14 bits per heavy atom. The zero-order valence-corrected chi connectivity index (χ0v) is 24.6. The number of fused-ring (bicyclic) bond motifs is 1. The van der Waals surface area contributed by atoms with Gasteiger partial charge in [0.2, 0.25) is 11.8 Å². The van der Waals surface area contributed by atoms with Gasteiger partial charge in [-0.3, -0.25) is 14.5 Å². The van der Waals surface area contributed by atoms with Gasteiger partial charge in [0.05, 0.1) is 24.6 Å². The molecule has 2 aromatic rings. The largest absolute Gasteiger partial charge is 0.488 e. The maximum Gasteiger partial charge on any atom is 0.416 e. The Hall–Kier alpha value is -3.11. The van der Waals surface area contributed by atoms with Crippen molar-refractivity contribution in [3.05, 3.63) is 59.2 Å². The van der Waals surface area contributed by atoms with Gasteiger partial charge in [-0.1, -0.05) is 38.3 Å². The molecule has 7 nitrogen and oxygen atoms in total. The summed E-state index contributed by atoms with van der Waals surface area (Å²) in [5, 5.41) is 12.9. The van der Waals surface area contributed by atoms with E-state index in [4.69, 9.17) is 4.74 Å². The van der Waals surface area contributed by atoms with E-state index < -0.39 is 11.7 Å². The molecular formula is C32H42F3N3O4. The van der Waals surface area contributed by atoms with Crippen molar-refractivity contribution in [3.8, 4) is 5.75 Å². The number of rotatable bonds is 8. The van der Waals surface area contributed by atoms with E-state index in [0.717, 1.165) is 49.8 Å². The number of halogens is 3. The van der Waals surface area contributed by atoms with Crippen LogP contribution in [0.4, 0.5) is 18.9 Å². The maximum atomic E-state index is 13.5. The summed E-state index contributed by atoms with van der Waals surface area (Å²) in [5.41, 5.74) is 1.33. The molecule has 1 aliphatic carbocycles. The smallest absolute Gasteiger partial charge is 0.416 e. The van der Waals surface area contributed by atoms with Crippen LogP contribution in [0.3, 0.4) is 0 Å². The molecule has 42 heavy (non-hydrogen) atoms. The van der Waals surface area contributed by atoms with E-state index in [1.807, 2.05) is 18.9 Å². The van der Waals surface area contributed by atoms with Crippen LogP contribution in [-0.4, -0.2) is 65.6 Å². The van der Waals surface area contributed by atoms with Crippen molar-refractivity contribution >= 4 is 17.5 Å². The zero-order valence-electron chi connectivity index (χ0n) is 24.6. The predicted octanol–water partition coefficient (Wildman–Crippen LogP) is 5.51. The lowest BCUT2D eigenvalue weighted by Crippen LogP contribution is -2.47. The molecule has 230 valence electrons. The van der Waals surface area contributed by atoms with Crippen molar-refractivity contribution in [1.29, 1.82) is 0 Å². The average Bonchev–Trinajstić information content (AvgIpc) is 3.00. The first-order valence-corrected chi connectivity index (χ1v) is 14.8. The minimum absolute atomic E-state index is 0.00289. The number of benzene rings is 2. The third kappa shape index (κ3) is 8.25. The molecule has 0 bridgehead atoms. The van der Waals surface area contributed by atoms with E-state index in [9.17, 15) is 27.9 Å². The molecule has 3 atom stereocenters. The number of anilines is 1. The van der Waals surface area contributed by atoms with Gasteiger partial charge >= 0.3 is 6.18 Å². The number of nitrogens with zero attached hydrogens (tertiary/aromatic N) is 2. The fraction of sp³-hybridized carbons (Fsp3) is 0.562. The van der Waals surface area contributed by atoms with Crippen LogP contribution in [-0.2, 0) is 28.7 Å². The highest BCUT2D eigenvalue weighted by atomic mass is 19.4. The molecule has 0 unspecified atom stereocenters. The third-order valence-electron chi connectivity index (χ3n) is 8.39. The number of amides is 2. The Morgan fingerprint density at radius 2 is 1.83 bits per heavy atom. The van der Waals surface area contributed by atoms with Gasteiger partial charge in [0.15, 0.2) is 0 Å². The summed E-state index contributed by atoms with van der Waals surface area (Å²) in [5.74, 6) is 0.291. The second-order valence-electron chi connectivity index (χ2n) is 11.9. The number of likely N-dealkylation sites (N-methyl/N-ethyl adjacent to an activating group) is 1. The first-order valence-electron chi connectivity index (χ1n) is 14.8. The van der Waals surface area contributed by atoms with Crippen molar-refractivity contribution in [2.24, 2.45) is 11.8 Å². The van der Waals surface area contributed by atoms with Gasteiger partial charge in [-0.25, -0.2) is 0 Å². The fourth-order valence-electron chi connectivity index (χ4n) is 5.82. The summed E-state index contributed by atoms with van der Waals surface area (Å²) in [6.07, 6.45) is 0.346. The molecule has 1 aliphatic heterocycles. The van der Waals surface area contributed by atoms with Crippen LogP contribution in [0.15, 0.2) is 42.5 Å². The molecule has 2 aromatic carbocycles. The van der Waals surface area contributed by atoms with Crippen LogP contribution in [0.5, 0.6) is 5.75 Å². The number of carbonyl (C=O) groups is 2. The minimum Gasteiger partial charge on any atom is -0.488 e. The monoisotopic (exact) mass is 589 g/mol. The highest BCUT2D eigenvalue weighted by Gasteiger charge is 2.32. The Morgan fingerprint density at radius 3 is 2.48 bits per heavy atom. The van der Waals surface area contributed by atoms with Crippen LogP contribution >= 0.6 is 0 Å². The number of aliphatic hydroxyl groups excluding tert-OH is 1. The van der Waals surface area contributed by atoms with Crippen LogP contribution in [0.2, 0.25) is 0 Å². The average molecular weight is 590 g/mol. The maximum absolute atomic E-state index is 13.5. The van der Waals surface area contributed by atoms with E-state index in [0.29, 0.717) is 36.6 Å². The number of aliphatic hydroxyl groups is 1. The molecule has 1 saturated carbocycles. The van der Waals surface area contributed by atoms with Crippen LogP contribution in [0.1, 0.15) is 62.6 Å². The molecule has 0 aromatic heterocycles. The SMILES string of the molecule is C[C@H]1CN([C@@H](C)CO)C(=O)Cc2cc(NC(=O)C3CCCCC3)ccc2O[C@H]1CN(C)Cc1ccc(C(F)(F)F)cc1. The summed E-state index contributed by atoms with van der Waals surface area (Å²) in [6.45, 7) is 4.86. The van der Waals surface area contributed by atoms with Crippen LogP contribution in [0, 0.1) is 11.8 Å². The lowest BCUT2D eigenvalue weighted by atomic mass is 9.88. The first-order chi connectivity index (χ1) is 19.9. The van der Waals surface area contributed by atoms with Crippen molar-refractivity contribution in [2.45, 2.75) is 77.2 Å². The highest BCUT2D eigenvalue weighted by Crippen LogP contribution is 2.32. The number of carbonyl (C=O) groups excluding carboxylic acids is 2. The molecule has 2 N–H and O–H groups in total. The van der Waals surface area contributed by atoms with Gasteiger partial charge in [0.25, 0.3) is 0 Å². The Labute approximate surface area is 246 Å². The second kappa shape index (κ2) is 13.9. The second-order valence-corrected chi connectivity index (χ2v) is 11.9. The number of alkyl halides is 3. The number of hydrogen-bond donors (Lipinski definition) is 2. The molecule has 2 aliphatic rings. The number of hydrogen-bond acceptors (Lipinski definition) is 5. The van der Waals surface area contributed by atoms with E-state index in [1.54, 1.807) is 30.0 Å². The molecule has 10 heteroatoms. The predicted molar refractivity (Wildman–Crippen MR) is 155 cm³/mol. The summed E-state index contributed by atoms with van der Waals surface area (Å²) in [6, 6.07) is 10.1. The summed E-state index contributed by atoms with van der Waals surface area (Å²) in [4.78, 5) is 30.0. The summed E-state index contributed by atoms with van der Waals surface area (Å²) >= 11 is 0. The van der Waals surface area contributed by atoms with Crippen LogP contribution in [0.25, 0.3) is 0 Å². The topological polar surface area (TPSA) is 82.1 Å². The molecule has 0 spiro atoms. The first kappa shape index (κ1) is 31.8. The summed E-state index contributed by atoms with van der Waals surface area (Å²) < 4.78 is 45.5. The Bertz CT molecular complexity index is 1210. The van der Waals surface area contributed by atoms with E-state index >= 15 is 0 Å². The third-order valence-corrected chi connectivity index (χ3v) is 8.39. The fourth-order valence-corrected chi connectivity index (χ4v) is 5.82. The van der Waals surface area contributed by atoms with Gasteiger partial charge in [-0.2, -0.15) is 13.2 Å². The molecule has 4 rings (SSSR count). The lowest BCUT2D eigenvalue weighted by Gasteiger charge is -2.34. The molecular weight excluding hydrogens is 547 g/mol. The molecule has 0 radical (unpaired) electrons. The minimum atomic E-state index is -4.38. The van der Waals surface area contributed by atoms with Crippen molar-refractivity contribution < 1.29 is 32.6 Å². The van der Waals surface area contributed by atoms with E-state index in [1.165, 1.54) is 12.1 Å². The Kier molecular flexibility index (Phi) is 10.5. The van der Waals surface area contributed by atoms with Crippen molar-refractivity contribution in [3.63, 3.8) is 0 Å². The van der Waals surface area contributed by atoms with Gasteiger partial charge in [-0.05, 0) is 62.7 Å². The van der Waals surface area contributed by atoms with Crippen LogP contribution < -0.4 is 10.1 Å². The van der Waals surface area contributed by atoms with Gasteiger partial charge in [0, 0.05) is 42.7 Å². The van der Waals surface area contributed by atoms with Gasteiger partial charge in [-0.15, -0.1) is 0 Å². The van der Waals surface area contributed by atoms with E-state index in [2.05, 4.69) is 5.32 Å². The quantitative estimate of drug-likeness (QED) is 0.425. The molecule has 1 fully saturated rings. The van der Waals surface area contributed by atoms with E-state index in [-0.39, 0.29) is 48.8 Å². The molecule has 2 amide bonds. The van der Waals surface area contributed by atoms with Crippen molar-refractivity contribution in [2.75, 3.05) is 32.1 Å². The lowest BCUT2D eigenvalue weighted by molar-refractivity contribution is -0.137. The molecule has 1 heterocycles. The van der Waals surface area contributed by atoms with Crippen molar-refractivity contribution in [1.82, 2.24) is 9.80 Å².